The predicted octanol–water partition coefficient (Wildman–Crippen LogP) is 2.69. The average Bonchev–Trinajstić information content (AvgIpc) is 3.24. The van der Waals surface area contributed by atoms with Gasteiger partial charge in [0.25, 0.3) is 0 Å². The number of hydrogen-bond donors (Lipinski definition) is 2. The summed E-state index contributed by atoms with van der Waals surface area (Å²) >= 11 is 0. The first-order chi connectivity index (χ1) is 12.1. The van der Waals surface area contributed by atoms with Crippen LogP contribution in [0.25, 0.3) is 0 Å². The van der Waals surface area contributed by atoms with E-state index in [9.17, 15) is 8.78 Å². The molecule has 1 aromatic heterocycles. The highest BCUT2D eigenvalue weighted by Gasteiger charge is 2.31. The summed E-state index contributed by atoms with van der Waals surface area (Å²) < 4.78 is 34.6. The van der Waals surface area contributed by atoms with Crippen molar-refractivity contribution in [2.75, 3.05) is 18.5 Å². The van der Waals surface area contributed by atoms with Crippen molar-refractivity contribution in [3.63, 3.8) is 0 Å². The van der Waals surface area contributed by atoms with Crippen LogP contribution in [0.2, 0.25) is 0 Å². The lowest BCUT2D eigenvalue weighted by atomic mass is 9.99. The number of aliphatic imine (C=N–C) groups is 1. The first-order valence-electron chi connectivity index (χ1n) is 8.23. The molecular weight excluding hydrogens is 328 g/mol. The number of nitrogens with one attached hydrogen (secondary N) is 1. The standard InChI is InChI=1S/C17H21F2N5O/c1-2-24-15(5-7-22-24)16-11(6-8-25-16)10-21-17(20)23-14-9-12(18)3-4-13(14)19/h3-5,7,9,11,16H,2,6,8,10H2,1H3,(H3,20,21,23)/t11-,16+/m0/s1. The smallest absolute Gasteiger partial charge is 0.193 e. The van der Waals surface area contributed by atoms with E-state index < -0.39 is 11.6 Å². The van der Waals surface area contributed by atoms with Crippen LogP contribution in [0.4, 0.5) is 14.5 Å². The number of aromatic nitrogens is 2. The second-order valence-corrected chi connectivity index (χ2v) is 5.89. The largest absolute Gasteiger partial charge is 0.372 e. The van der Waals surface area contributed by atoms with E-state index in [1.54, 1.807) is 6.20 Å². The van der Waals surface area contributed by atoms with Crippen molar-refractivity contribution >= 4 is 11.6 Å². The zero-order chi connectivity index (χ0) is 17.8. The fourth-order valence-electron chi connectivity index (χ4n) is 2.98. The molecule has 134 valence electrons. The second kappa shape index (κ2) is 7.60. The molecule has 2 heterocycles. The van der Waals surface area contributed by atoms with Gasteiger partial charge in [-0.15, -0.1) is 0 Å². The molecule has 0 bridgehead atoms. The Balaban J connectivity index is 1.67. The van der Waals surface area contributed by atoms with Crippen molar-refractivity contribution in [2.45, 2.75) is 26.0 Å². The van der Waals surface area contributed by atoms with Gasteiger partial charge in [0.2, 0.25) is 0 Å². The van der Waals surface area contributed by atoms with E-state index in [4.69, 9.17) is 10.5 Å². The fraction of sp³-hybridized carbons (Fsp3) is 0.412. The van der Waals surface area contributed by atoms with Gasteiger partial charge in [-0.2, -0.15) is 5.10 Å². The number of aryl methyl sites for hydroxylation is 1. The molecule has 2 aromatic rings. The molecule has 1 aromatic carbocycles. The maximum Gasteiger partial charge on any atom is 0.193 e. The van der Waals surface area contributed by atoms with Crippen LogP contribution < -0.4 is 11.1 Å². The maximum absolute atomic E-state index is 13.6. The molecule has 1 fully saturated rings. The van der Waals surface area contributed by atoms with Crippen LogP contribution in [0.1, 0.15) is 25.1 Å². The van der Waals surface area contributed by atoms with Crippen LogP contribution in [-0.4, -0.2) is 28.9 Å². The highest BCUT2D eigenvalue weighted by molar-refractivity contribution is 5.92. The van der Waals surface area contributed by atoms with E-state index in [-0.39, 0.29) is 23.7 Å². The van der Waals surface area contributed by atoms with Crippen molar-refractivity contribution in [3.8, 4) is 0 Å². The molecule has 1 aliphatic heterocycles. The Labute approximate surface area is 144 Å². The molecular formula is C17H21F2N5O. The summed E-state index contributed by atoms with van der Waals surface area (Å²) in [4.78, 5) is 4.27. The van der Waals surface area contributed by atoms with Gasteiger partial charge in [0.05, 0.1) is 11.4 Å². The summed E-state index contributed by atoms with van der Waals surface area (Å²) in [6.45, 7) is 3.86. The Bertz CT molecular complexity index is 761. The van der Waals surface area contributed by atoms with Gasteiger partial charge < -0.3 is 15.8 Å². The molecule has 1 aliphatic rings. The number of rotatable bonds is 5. The Kier molecular flexibility index (Phi) is 5.28. The number of guanidine groups is 1. The molecule has 1 saturated heterocycles. The lowest BCUT2D eigenvalue weighted by molar-refractivity contribution is 0.0851. The zero-order valence-corrected chi connectivity index (χ0v) is 14.0. The van der Waals surface area contributed by atoms with Gasteiger partial charge in [-0.25, -0.2) is 8.78 Å². The topological polar surface area (TPSA) is 77.5 Å². The molecule has 0 spiro atoms. The van der Waals surface area contributed by atoms with Crippen LogP contribution in [0.15, 0.2) is 35.5 Å². The van der Waals surface area contributed by atoms with Crippen molar-refractivity contribution in [3.05, 3.63) is 47.8 Å². The molecule has 0 aliphatic carbocycles. The molecule has 25 heavy (non-hydrogen) atoms. The zero-order valence-electron chi connectivity index (χ0n) is 14.0. The molecule has 2 atom stereocenters. The van der Waals surface area contributed by atoms with Gasteiger partial charge in [-0.05, 0) is 31.5 Å². The van der Waals surface area contributed by atoms with Gasteiger partial charge in [0, 0.05) is 37.9 Å². The maximum atomic E-state index is 13.6. The molecule has 6 nitrogen and oxygen atoms in total. The highest BCUT2D eigenvalue weighted by atomic mass is 19.1. The van der Waals surface area contributed by atoms with Crippen LogP contribution in [0.5, 0.6) is 0 Å². The molecule has 0 saturated carbocycles. The number of halogens is 2. The number of ether oxygens (including phenoxy) is 1. The van der Waals surface area contributed by atoms with E-state index >= 15 is 0 Å². The van der Waals surface area contributed by atoms with E-state index in [1.807, 2.05) is 17.7 Å². The normalized spacial score (nSPS) is 20.8. The van der Waals surface area contributed by atoms with Gasteiger partial charge >= 0.3 is 0 Å². The van der Waals surface area contributed by atoms with Crippen molar-refractivity contribution < 1.29 is 13.5 Å². The number of hydrogen-bond acceptors (Lipinski definition) is 3. The summed E-state index contributed by atoms with van der Waals surface area (Å²) in [5, 5.41) is 6.87. The number of anilines is 1. The van der Waals surface area contributed by atoms with Crippen LogP contribution >= 0.6 is 0 Å². The Hall–Kier alpha value is -2.48. The quantitative estimate of drug-likeness (QED) is 0.643. The summed E-state index contributed by atoms with van der Waals surface area (Å²) in [5.41, 5.74) is 6.79. The van der Waals surface area contributed by atoms with Gasteiger partial charge in [0.15, 0.2) is 5.96 Å². The second-order valence-electron chi connectivity index (χ2n) is 5.89. The van der Waals surface area contributed by atoms with Crippen molar-refractivity contribution in [1.29, 1.82) is 0 Å². The average molecular weight is 349 g/mol. The van der Waals surface area contributed by atoms with E-state index in [0.29, 0.717) is 13.2 Å². The monoisotopic (exact) mass is 349 g/mol. The Morgan fingerprint density at radius 2 is 2.28 bits per heavy atom. The summed E-state index contributed by atoms with van der Waals surface area (Å²) in [5.74, 6) is -0.943. The third-order valence-corrected chi connectivity index (χ3v) is 4.24. The minimum Gasteiger partial charge on any atom is -0.372 e. The fourth-order valence-corrected chi connectivity index (χ4v) is 2.98. The van der Waals surface area contributed by atoms with Gasteiger partial charge in [-0.1, -0.05) is 0 Å². The first-order valence-corrected chi connectivity index (χ1v) is 8.23. The molecule has 0 unspecified atom stereocenters. The van der Waals surface area contributed by atoms with E-state index in [2.05, 4.69) is 15.4 Å². The lowest BCUT2D eigenvalue weighted by Gasteiger charge is -2.18. The SMILES string of the molecule is CCn1nccc1[C@@H]1OCC[C@H]1CN=C(N)Nc1cc(F)ccc1F. The molecule has 8 heteroatoms. The van der Waals surface area contributed by atoms with E-state index in [0.717, 1.165) is 36.9 Å². The summed E-state index contributed by atoms with van der Waals surface area (Å²) in [6.07, 6.45) is 2.51. The Morgan fingerprint density at radius 3 is 3.08 bits per heavy atom. The van der Waals surface area contributed by atoms with Crippen LogP contribution in [0.3, 0.4) is 0 Å². The number of benzene rings is 1. The molecule has 0 amide bonds. The summed E-state index contributed by atoms with van der Waals surface area (Å²) in [6, 6.07) is 5.07. The first kappa shape index (κ1) is 17.3. The third kappa shape index (κ3) is 3.96. The number of nitrogens with two attached hydrogens (primary N) is 1. The lowest BCUT2D eigenvalue weighted by Crippen LogP contribution is -2.25. The van der Waals surface area contributed by atoms with Gasteiger partial charge in [0.1, 0.15) is 17.7 Å². The third-order valence-electron chi connectivity index (χ3n) is 4.24. The van der Waals surface area contributed by atoms with E-state index in [1.165, 1.54) is 0 Å². The summed E-state index contributed by atoms with van der Waals surface area (Å²) in [7, 11) is 0. The van der Waals surface area contributed by atoms with Crippen molar-refractivity contribution in [1.82, 2.24) is 9.78 Å². The minimum atomic E-state index is -0.589. The highest BCUT2D eigenvalue weighted by Crippen LogP contribution is 2.34. The minimum absolute atomic E-state index is 0.0375. The van der Waals surface area contributed by atoms with Crippen molar-refractivity contribution in [2.24, 2.45) is 16.6 Å². The molecule has 3 N–H and O–H groups in total. The predicted molar refractivity (Wildman–Crippen MR) is 91.2 cm³/mol. The van der Waals surface area contributed by atoms with Crippen LogP contribution in [-0.2, 0) is 11.3 Å². The van der Waals surface area contributed by atoms with Crippen LogP contribution in [0, 0.1) is 17.6 Å². The number of nitrogens with zero attached hydrogens (tertiary/aromatic N) is 3. The van der Waals surface area contributed by atoms with Gasteiger partial charge in [-0.3, -0.25) is 9.67 Å². The molecule has 3 rings (SSSR count). The molecule has 0 radical (unpaired) electrons. The Morgan fingerprint density at radius 1 is 1.44 bits per heavy atom.